The van der Waals surface area contributed by atoms with Crippen molar-refractivity contribution in [3.63, 3.8) is 0 Å². The van der Waals surface area contributed by atoms with Gasteiger partial charge >= 0.3 is 0 Å². The largest absolute Gasteiger partial charge is 0.378 e. The molecular weight excluding hydrogens is 204 g/mol. The molecule has 0 saturated heterocycles. The molecule has 0 radical (unpaired) electrons. The third-order valence-corrected chi connectivity index (χ3v) is 1.97. The third-order valence-electron chi connectivity index (χ3n) is 1.39. The lowest BCUT2D eigenvalue weighted by molar-refractivity contribution is 0.181. The second-order valence-electron chi connectivity index (χ2n) is 2.82. The van der Waals surface area contributed by atoms with Crippen LogP contribution in [0, 0.1) is 0 Å². The Balaban J connectivity index is 2.83. The SMILES string of the molecule is COCc1cccc(NS(C)(=O)=O)n1. The summed E-state index contributed by atoms with van der Waals surface area (Å²) >= 11 is 0. The quantitative estimate of drug-likeness (QED) is 0.800. The van der Waals surface area contributed by atoms with E-state index in [0.717, 1.165) is 6.26 Å². The highest BCUT2D eigenvalue weighted by atomic mass is 32.2. The van der Waals surface area contributed by atoms with Gasteiger partial charge in [-0.25, -0.2) is 13.4 Å². The number of aromatic nitrogens is 1. The second kappa shape index (κ2) is 4.39. The average Bonchev–Trinajstić information content (AvgIpc) is 2.02. The van der Waals surface area contributed by atoms with Crippen molar-refractivity contribution in [2.45, 2.75) is 6.61 Å². The molecule has 0 fully saturated rings. The van der Waals surface area contributed by atoms with Crippen LogP contribution in [0.3, 0.4) is 0 Å². The summed E-state index contributed by atoms with van der Waals surface area (Å²) in [4.78, 5) is 4.03. The fourth-order valence-electron chi connectivity index (χ4n) is 0.955. The van der Waals surface area contributed by atoms with Gasteiger partial charge in [-0.15, -0.1) is 0 Å². The molecule has 0 bridgehead atoms. The van der Waals surface area contributed by atoms with Crippen molar-refractivity contribution in [3.8, 4) is 0 Å². The summed E-state index contributed by atoms with van der Waals surface area (Å²) in [6.07, 6.45) is 1.08. The summed E-state index contributed by atoms with van der Waals surface area (Å²) in [6.45, 7) is 0.360. The van der Waals surface area contributed by atoms with E-state index in [4.69, 9.17) is 4.74 Å². The number of anilines is 1. The number of nitrogens with one attached hydrogen (secondary N) is 1. The number of hydrogen-bond acceptors (Lipinski definition) is 4. The third kappa shape index (κ3) is 3.71. The summed E-state index contributed by atoms with van der Waals surface area (Å²) in [5.41, 5.74) is 0.682. The van der Waals surface area contributed by atoms with Crippen LogP contribution in [0.25, 0.3) is 0 Å². The van der Waals surface area contributed by atoms with Gasteiger partial charge in [0.1, 0.15) is 5.82 Å². The molecule has 0 aliphatic rings. The van der Waals surface area contributed by atoms with Crippen molar-refractivity contribution in [3.05, 3.63) is 23.9 Å². The first-order valence-corrected chi connectivity index (χ1v) is 5.83. The van der Waals surface area contributed by atoms with Crippen molar-refractivity contribution < 1.29 is 13.2 Å². The van der Waals surface area contributed by atoms with E-state index in [2.05, 4.69) is 9.71 Å². The standard InChI is InChI=1S/C8H12N2O3S/c1-13-6-7-4-3-5-8(9-7)10-14(2,11)12/h3-5H,6H2,1-2H3,(H,9,10). The lowest BCUT2D eigenvalue weighted by Crippen LogP contribution is -2.11. The van der Waals surface area contributed by atoms with Gasteiger partial charge in [-0.05, 0) is 12.1 Å². The number of ether oxygens (including phenoxy) is 1. The van der Waals surface area contributed by atoms with Crippen molar-refractivity contribution in [2.24, 2.45) is 0 Å². The molecule has 78 valence electrons. The van der Waals surface area contributed by atoms with Crippen molar-refractivity contribution in [1.82, 2.24) is 4.98 Å². The van der Waals surface area contributed by atoms with Crippen molar-refractivity contribution in [1.29, 1.82) is 0 Å². The Hall–Kier alpha value is -1.14. The zero-order valence-corrected chi connectivity index (χ0v) is 8.84. The first-order valence-electron chi connectivity index (χ1n) is 3.94. The van der Waals surface area contributed by atoms with E-state index >= 15 is 0 Å². The van der Waals surface area contributed by atoms with Crippen molar-refractivity contribution in [2.75, 3.05) is 18.1 Å². The molecular formula is C8H12N2O3S. The van der Waals surface area contributed by atoms with Crippen LogP contribution in [0.5, 0.6) is 0 Å². The highest BCUT2D eigenvalue weighted by Gasteiger charge is 2.03. The summed E-state index contributed by atoms with van der Waals surface area (Å²) in [7, 11) is -1.71. The van der Waals surface area contributed by atoms with E-state index < -0.39 is 10.0 Å². The molecule has 1 aromatic heterocycles. The monoisotopic (exact) mass is 216 g/mol. The molecule has 0 unspecified atom stereocenters. The number of methoxy groups -OCH3 is 1. The zero-order valence-electron chi connectivity index (χ0n) is 8.02. The minimum Gasteiger partial charge on any atom is -0.378 e. The first-order chi connectivity index (χ1) is 6.51. The van der Waals surface area contributed by atoms with Crippen LogP contribution in [-0.2, 0) is 21.4 Å². The summed E-state index contributed by atoms with van der Waals surface area (Å²) in [5, 5.41) is 0. The van der Waals surface area contributed by atoms with E-state index in [0.29, 0.717) is 18.1 Å². The van der Waals surface area contributed by atoms with Gasteiger partial charge in [0.25, 0.3) is 0 Å². The van der Waals surface area contributed by atoms with Gasteiger partial charge in [0.05, 0.1) is 18.6 Å². The Morgan fingerprint density at radius 2 is 2.21 bits per heavy atom. The van der Waals surface area contributed by atoms with Crippen LogP contribution >= 0.6 is 0 Å². The van der Waals surface area contributed by atoms with Crippen LogP contribution < -0.4 is 4.72 Å². The Bertz CT molecular complexity index is 403. The van der Waals surface area contributed by atoms with Gasteiger partial charge in [-0.3, -0.25) is 4.72 Å². The summed E-state index contributed by atoms with van der Waals surface area (Å²) in [6, 6.07) is 5.06. The van der Waals surface area contributed by atoms with E-state index in [1.54, 1.807) is 25.3 Å². The number of nitrogens with zero attached hydrogens (tertiary/aromatic N) is 1. The Labute approximate surface area is 83.2 Å². The molecule has 0 atom stereocenters. The van der Waals surface area contributed by atoms with Crippen LogP contribution in [-0.4, -0.2) is 26.8 Å². The molecule has 1 N–H and O–H groups in total. The minimum absolute atomic E-state index is 0.307. The fraction of sp³-hybridized carbons (Fsp3) is 0.375. The Kier molecular flexibility index (Phi) is 3.43. The maximum atomic E-state index is 10.9. The van der Waals surface area contributed by atoms with E-state index in [1.807, 2.05) is 0 Å². The normalized spacial score (nSPS) is 11.3. The summed E-state index contributed by atoms with van der Waals surface area (Å²) < 4.78 is 28.9. The molecule has 6 heteroatoms. The van der Waals surface area contributed by atoms with Crippen molar-refractivity contribution >= 4 is 15.8 Å². The Morgan fingerprint density at radius 3 is 2.79 bits per heavy atom. The smallest absolute Gasteiger partial charge is 0.230 e. The van der Waals surface area contributed by atoms with Crippen LogP contribution in [0.2, 0.25) is 0 Å². The molecule has 1 aromatic rings. The molecule has 1 heterocycles. The minimum atomic E-state index is -3.26. The van der Waals surface area contributed by atoms with Gasteiger partial charge in [0.2, 0.25) is 10.0 Å². The van der Waals surface area contributed by atoms with Gasteiger partial charge in [0.15, 0.2) is 0 Å². The molecule has 0 spiro atoms. The fourth-order valence-corrected chi connectivity index (χ4v) is 1.45. The maximum Gasteiger partial charge on any atom is 0.230 e. The molecule has 0 aliphatic carbocycles. The summed E-state index contributed by atoms with van der Waals surface area (Å²) in [5.74, 6) is 0.307. The predicted molar refractivity (Wildman–Crippen MR) is 53.4 cm³/mol. The lowest BCUT2D eigenvalue weighted by Gasteiger charge is -2.04. The molecule has 0 aromatic carbocycles. The maximum absolute atomic E-state index is 10.9. The number of pyridine rings is 1. The molecule has 14 heavy (non-hydrogen) atoms. The van der Waals surface area contributed by atoms with Gasteiger partial charge in [0, 0.05) is 7.11 Å². The van der Waals surface area contributed by atoms with Gasteiger partial charge in [-0.2, -0.15) is 0 Å². The number of rotatable bonds is 4. The molecule has 0 saturated carbocycles. The number of hydrogen-bond donors (Lipinski definition) is 1. The van der Waals surface area contributed by atoms with Crippen LogP contribution in [0.15, 0.2) is 18.2 Å². The molecule has 0 aliphatic heterocycles. The van der Waals surface area contributed by atoms with Crippen LogP contribution in [0.1, 0.15) is 5.69 Å². The Morgan fingerprint density at radius 1 is 1.50 bits per heavy atom. The second-order valence-corrected chi connectivity index (χ2v) is 4.57. The first kappa shape index (κ1) is 10.9. The van der Waals surface area contributed by atoms with Crippen LogP contribution in [0.4, 0.5) is 5.82 Å². The average molecular weight is 216 g/mol. The van der Waals surface area contributed by atoms with Gasteiger partial charge in [-0.1, -0.05) is 6.07 Å². The zero-order chi connectivity index (χ0) is 10.6. The number of sulfonamides is 1. The molecule has 1 rings (SSSR count). The van der Waals surface area contributed by atoms with E-state index in [-0.39, 0.29) is 0 Å². The van der Waals surface area contributed by atoms with Gasteiger partial charge < -0.3 is 4.74 Å². The highest BCUT2D eigenvalue weighted by Crippen LogP contribution is 2.06. The lowest BCUT2D eigenvalue weighted by atomic mass is 10.3. The van der Waals surface area contributed by atoms with E-state index in [9.17, 15) is 8.42 Å². The predicted octanol–water partition coefficient (Wildman–Crippen LogP) is 0.599. The topological polar surface area (TPSA) is 68.3 Å². The highest BCUT2D eigenvalue weighted by molar-refractivity contribution is 7.92. The molecule has 0 amide bonds. The van der Waals surface area contributed by atoms with E-state index in [1.165, 1.54) is 0 Å². The molecule has 5 nitrogen and oxygen atoms in total.